The summed E-state index contributed by atoms with van der Waals surface area (Å²) in [6.45, 7) is 7.83. The molecule has 0 aliphatic heterocycles. The summed E-state index contributed by atoms with van der Waals surface area (Å²) in [6, 6.07) is 23.1. The monoisotopic (exact) mass is 658 g/mol. The lowest BCUT2D eigenvalue weighted by Crippen LogP contribution is -2.28. The van der Waals surface area contributed by atoms with Crippen LogP contribution in [-0.4, -0.2) is 27.8 Å². The molecule has 10 bridgehead atoms. The molecule has 0 aliphatic carbocycles. The van der Waals surface area contributed by atoms with Crippen LogP contribution < -0.4 is 21.8 Å². The molecule has 50 heavy (non-hydrogen) atoms. The minimum atomic E-state index is -1.24. The largest absolute Gasteiger partial charge is 0.478 e. The number of amidine groups is 1. The smallest absolute Gasteiger partial charge is 0.336 e. The second kappa shape index (κ2) is 10.7. The van der Waals surface area contributed by atoms with E-state index >= 15 is 0 Å². The summed E-state index contributed by atoms with van der Waals surface area (Å²) in [5, 5.41) is 24.6. The molecule has 7 aromatic carbocycles. The first-order valence-electron chi connectivity index (χ1n) is 16.0. The number of carbonyl (C=O) groups excluding carboxylic acids is 1. The van der Waals surface area contributed by atoms with Crippen LogP contribution in [0.1, 0.15) is 48.5 Å². The molecule has 0 saturated carbocycles. The van der Waals surface area contributed by atoms with Crippen molar-refractivity contribution in [3.63, 3.8) is 0 Å². The lowest BCUT2D eigenvalue weighted by Gasteiger charge is -2.30. The number of hydrogen-bond donors (Lipinski definition) is 4. The molecular formula is C41H30N4O5. The van der Waals surface area contributed by atoms with E-state index in [1.54, 1.807) is 35.2 Å². The zero-order chi connectivity index (χ0) is 35.3. The van der Waals surface area contributed by atoms with Crippen LogP contribution in [0.25, 0.3) is 53.9 Å². The first-order valence-corrected chi connectivity index (χ1v) is 16.0. The third-order valence-electron chi connectivity index (χ3n) is 9.90. The van der Waals surface area contributed by atoms with E-state index in [0.29, 0.717) is 37.7 Å². The SMILES string of the molecule is Cc1ccc(C)c(N(C(=N)c2cc(C(=O)O)c3c4ccc(C(N)=O)c5c6ccc(c7ccc(c(=O)[nH]c6=O)c2c73)c45)c2cc(C)ccc2C)c1. The molecule has 5 N–H and O–H groups in total. The number of aryl methyl sites for hydroxylation is 4. The molecule has 10 rings (SSSR count). The fourth-order valence-electron chi connectivity index (χ4n) is 7.59. The lowest BCUT2D eigenvalue weighted by molar-refractivity contribution is 0.0699. The van der Waals surface area contributed by atoms with E-state index in [1.807, 2.05) is 64.1 Å². The van der Waals surface area contributed by atoms with E-state index in [2.05, 4.69) is 4.98 Å². The van der Waals surface area contributed by atoms with Gasteiger partial charge < -0.3 is 10.8 Å². The Morgan fingerprint density at radius 2 is 1.08 bits per heavy atom. The van der Waals surface area contributed by atoms with Crippen molar-refractivity contribution in [3.8, 4) is 0 Å². The predicted octanol–water partition coefficient (Wildman–Crippen LogP) is 7.57. The van der Waals surface area contributed by atoms with E-state index in [-0.39, 0.29) is 38.7 Å². The van der Waals surface area contributed by atoms with Gasteiger partial charge in [0.25, 0.3) is 11.1 Å². The van der Waals surface area contributed by atoms with E-state index in [4.69, 9.17) is 5.73 Å². The molecule has 9 nitrogen and oxygen atoms in total. The normalized spacial score (nSPS) is 11.8. The number of carboxylic acid groups (broad SMARTS) is 1. The maximum Gasteiger partial charge on any atom is 0.336 e. The third-order valence-corrected chi connectivity index (χ3v) is 9.90. The van der Waals surface area contributed by atoms with Crippen molar-refractivity contribution in [2.75, 3.05) is 4.90 Å². The van der Waals surface area contributed by atoms with E-state index in [0.717, 1.165) is 33.6 Å². The van der Waals surface area contributed by atoms with Crippen LogP contribution in [0.2, 0.25) is 0 Å². The van der Waals surface area contributed by atoms with Gasteiger partial charge in [-0.1, -0.05) is 42.5 Å². The number of aromatic carboxylic acids is 1. The van der Waals surface area contributed by atoms with Gasteiger partial charge in [0.15, 0.2) is 0 Å². The average Bonchev–Trinajstić information content (AvgIpc) is 3.13. The number of rotatable bonds is 5. The molecule has 0 aliphatic rings. The standard InChI is InChI=1S/C41H30N4O5/c1-18-5-7-20(3)30(15-18)45(31-16-19(2)6-8-21(31)4)37(42)28-17-29(41(49)50)33-24-11-12-25(38(43)46)34-26-13-9-22(32(24)34)23-10-14-27(35(28)36(23)33)40(48)44-39(26)47/h5-17,42H,1-4H3,(H2,43,46)(H,49,50)(H,44,47,48). The van der Waals surface area contributed by atoms with Crippen molar-refractivity contribution in [1.29, 1.82) is 5.41 Å². The number of amides is 1. The topological polar surface area (TPSA) is 157 Å². The van der Waals surface area contributed by atoms with Crippen molar-refractivity contribution in [2.45, 2.75) is 27.7 Å². The summed E-state index contributed by atoms with van der Waals surface area (Å²) in [4.78, 5) is 58.3. The molecule has 244 valence electrons. The minimum Gasteiger partial charge on any atom is -0.478 e. The number of primary amides is 1. The maximum absolute atomic E-state index is 14.2. The summed E-state index contributed by atoms with van der Waals surface area (Å²) in [5.74, 6) is -2.06. The molecule has 0 atom stereocenters. The number of carbonyl (C=O) groups is 2. The first kappa shape index (κ1) is 30.7. The summed E-state index contributed by atoms with van der Waals surface area (Å²) in [7, 11) is 0. The molecule has 1 amide bonds. The van der Waals surface area contributed by atoms with E-state index < -0.39 is 23.0 Å². The number of fused-ring (bicyclic) bond motifs is 1. The van der Waals surface area contributed by atoms with E-state index in [9.17, 15) is 29.7 Å². The van der Waals surface area contributed by atoms with Gasteiger partial charge in [0.1, 0.15) is 5.84 Å². The van der Waals surface area contributed by atoms with Crippen LogP contribution in [0.15, 0.2) is 88.5 Å². The Hall–Kier alpha value is -6.61. The number of aromatic nitrogens is 1. The molecule has 0 radical (unpaired) electrons. The Morgan fingerprint density at radius 1 is 0.600 bits per heavy atom. The van der Waals surface area contributed by atoms with Gasteiger partial charge in [0, 0.05) is 38.1 Å². The molecule has 10 aromatic rings. The molecule has 0 saturated heterocycles. The lowest BCUT2D eigenvalue weighted by atomic mass is 9.83. The third kappa shape index (κ3) is 4.23. The Kier molecular flexibility index (Phi) is 6.57. The molecule has 3 heterocycles. The van der Waals surface area contributed by atoms with Gasteiger partial charge in [-0.3, -0.25) is 29.7 Å². The quantitative estimate of drug-likeness (QED) is 0.0646. The fraction of sp³-hybridized carbons (Fsp3) is 0.0976. The Labute approximate surface area is 284 Å². The van der Waals surface area contributed by atoms with Gasteiger partial charge >= 0.3 is 5.97 Å². The Balaban J connectivity index is 1.65. The Morgan fingerprint density at radius 3 is 1.62 bits per heavy atom. The van der Waals surface area contributed by atoms with Crippen molar-refractivity contribution in [2.24, 2.45) is 5.73 Å². The summed E-state index contributed by atoms with van der Waals surface area (Å²) in [6.07, 6.45) is 0. The van der Waals surface area contributed by atoms with Gasteiger partial charge in [-0.2, -0.15) is 0 Å². The highest BCUT2D eigenvalue weighted by molar-refractivity contribution is 6.41. The highest BCUT2D eigenvalue weighted by Gasteiger charge is 2.29. The number of benzene rings is 7. The second-order valence-corrected chi connectivity index (χ2v) is 13.0. The van der Waals surface area contributed by atoms with Crippen molar-refractivity contribution >= 4 is 82.9 Å². The van der Waals surface area contributed by atoms with Gasteiger partial charge in [-0.15, -0.1) is 0 Å². The fourth-order valence-corrected chi connectivity index (χ4v) is 7.59. The van der Waals surface area contributed by atoms with Crippen LogP contribution in [0, 0.1) is 33.1 Å². The summed E-state index contributed by atoms with van der Waals surface area (Å²) in [5.41, 5.74) is 9.68. The van der Waals surface area contributed by atoms with Crippen molar-refractivity contribution in [1.82, 2.24) is 4.98 Å². The van der Waals surface area contributed by atoms with Crippen molar-refractivity contribution in [3.05, 3.63) is 139 Å². The van der Waals surface area contributed by atoms with Gasteiger partial charge in [0.05, 0.1) is 16.9 Å². The zero-order valence-electron chi connectivity index (χ0n) is 27.6. The number of aromatic amines is 1. The number of nitrogens with zero attached hydrogens (tertiary/aromatic N) is 1. The summed E-state index contributed by atoms with van der Waals surface area (Å²) >= 11 is 0. The van der Waals surface area contributed by atoms with Crippen LogP contribution in [0.3, 0.4) is 0 Å². The number of anilines is 2. The molecule has 9 heteroatoms. The number of H-pyrrole nitrogens is 1. The van der Waals surface area contributed by atoms with Crippen molar-refractivity contribution < 1.29 is 14.7 Å². The van der Waals surface area contributed by atoms with Crippen LogP contribution >= 0.6 is 0 Å². The zero-order valence-corrected chi connectivity index (χ0v) is 27.6. The van der Waals surface area contributed by atoms with Gasteiger partial charge in [0.2, 0.25) is 5.91 Å². The molecule has 3 aromatic heterocycles. The maximum atomic E-state index is 14.2. The first-order chi connectivity index (χ1) is 23.9. The molecule has 0 fully saturated rings. The summed E-state index contributed by atoms with van der Waals surface area (Å²) < 4.78 is 0. The Bertz CT molecular complexity index is 2890. The van der Waals surface area contributed by atoms with Crippen LogP contribution in [-0.2, 0) is 0 Å². The number of carboxylic acids is 1. The molecule has 0 unspecified atom stereocenters. The predicted molar refractivity (Wildman–Crippen MR) is 200 cm³/mol. The molecule has 0 spiro atoms. The number of hydrogen-bond acceptors (Lipinski definition) is 5. The van der Waals surface area contributed by atoms with E-state index in [1.165, 1.54) is 12.1 Å². The number of nitrogens with two attached hydrogens (primary N) is 1. The van der Waals surface area contributed by atoms with Gasteiger partial charge in [-0.05, 0) is 113 Å². The molecular weight excluding hydrogens is 628 g/mol. The van der Waals surface area contributed by atoms with Crippen LogP contribution in [0.5, 0.6) is 0 Å². The number of nitrogens with one attached hydrogen (secondary N) is 2. The minimum absolute atomic E-state index is 0.0522. The van der Waals surface area contributed by atoms with Crippen LogP contribution in [0.4, 0.5) is 11.4 Å². The highest BCUT2D eigenvalue weighted by atomic mass is 16.4. The second-order valence-electron chi connectivity index (χ2n) is 13.0. The highest BCUT2D eigenvalue weighted by Crippen LogP contribution is 2.46. The van der Waals surface area contributed by atoms with Gasteiger partial charge in [-0.25, -0.2) is 4.79 Å². The average molecular weight is 659 g/mol.